The molecule has 1 unspecified atom stereocenters. The summed E-state index contributed by atoms with van der Waals surface area (Å²) in [6.45, 7) is 6.75. The first kappa shape index (κ1) is 14.0. The summed E-state index contributed by atoms with van der Waals surface area (Å²) in [6, 6.07) is 1.48. The minimum absolute atomic E-state index is 0.138. The van der Waals surface area contributed by atoms with Crippen molar-refractivity contribution in [2.24, 2.45) is 0 Å². The Kier molecular flexibility index (Phi) is 3.85. The fraction of sp³-hybridized carbons (Fsp3) is 0.500. The highest BCUT2D eigenvalue weighted by molar-refractivity contribution is 5.09. The molecule has 2 N–H and O–H groups in total. The highest BCUT2D eigenvalue weighted by Gasteiger charge is 2.24. The molecule has 1 aliphatic rings. The molecule has 0 aromatic carbocycles. The molecule has 112 valence electrons. The Morgan fingerprint density at radius 2 is 2.33 bits per heavy atom. The van der Waals surface area contributed by atoms with Crippen LogP contribution in [0.4, 0.5) is 0 Å². The smallest absolute Gasteiger partial charge is 0.251 e. The van der Waals surface area contributed by atoms with Gasteiger partial charge in [0.1, 0.15) is 11.9 Å². The number of imidazole rings is 1. The van der Waals surface area contributed by atoms with Crippen molar-refractivity contribution in [2.75, 3.05) is 19.7 Å². The summed E-state index contributed by atoms with van der Waals surface area (Å²) in [5, 5.41) is 0. The first-order valence-electron chi connectivity index (χ1n) is 7.02. The fourth-order valence-electron chi connectivity index (χ4n) is 2.52. The predicted octanol–water partition coefficient (Wildman–Crippen LogP) is 0.683. The van der Waals surface area contributed by atoms with E-state index in [1.165, 1.54) is 6.07 Å². The summed E-state index contributed by atoms with van der Waals surface area (Å²) < 4.78 is 5.75. The van der Waals surface area contributed by atoms with Crippen LogP contribution in [0.2, 0.25) is 0 Å². The second-order valence-corrected chi connectivity index (χ2v) is 5.34. The van der Waals surface area contributed by atoms with Gasteiger partial charge < -0.3 is 14.7 Å². The number of rotatable bonds is 3. The molecule has 2 aromatic heterocycles. The molecule has 7 nitrogen and oxygen atoms in total. The lowest BCUT2D eigenvalue weighted by atomic mass is 10.2. The average molecular weight is 289 g/mol. The van der Waals surface area contributed by atoms with E-state index in [9.17, 15) is 4.79 Å². The maximum Gasteiger partial charge on any atom is 0.251 e. The van der Waals surface area contributed by atoms with Gasteiger partial charge in [-0.25, -0.2) is 9.97 Å². The third-order valence-corrected chi connectivity index (χ3v) is 3.65. The van der Waals surface area contributed by atoms with Crippen LogP contribution in [0, 0.1) is 13.8 Å². The van der Waals surface area contributed by atoms with Crippen molar-refractivity contribution in [2.45, 2.75) is 26.5 Å². The van der Waals surface area contributed by atoms with Crippen LogP contribution >= 0.6 is 0 Å². The maximum atomic E-state index is 11.6. The van der Waals surface area contributed by atoms with Gasteiger partial charge in [0.05, 0.1) is 18.6 Å². The minimum atomic E-state index is -0.203. The van der Waals surface area contributed by atoms with Gasteiger partial charge in [-0.3, -0.25) is 9.69 Å². The largest absolute Gasteiger partial charge is 0.368 e. The Labute approximate surface area is 122 Å². The quantitative estimate of drug-likeness (QED) is 0.868. The SMILES string of the molecule is Cc1cc(=O)[nH]c(C2CN(Cc3nc[nH]c3C)CCO2)n1. The molecular weight excluding hydrogens is 270 g/mol. The lowest BCUT2D eigenvalue weighted by Gasteiger charge is -2.32. The standard InChI is InChI=1S/C14H19N5O2/c1-9-5-13(20)18-14(17-9)12-7-19(3-4-21-12)6-11-10(2)15-8-16-11/h5,8,12H,3-4,6-7H2,1-2H3,(H,15,16)(H,17,18,20). The van der Waals surface area contributed by atoms with Gasteiger partial charge in [0.2, 0.25) is 0 Å². The normalized spacial score (nSPS) is 19.8. The molecule has 1 fully saturated rings. The number of hydrogen-bond acceptors (Lipinski definition) is 5. The molecule has 1 saturated heterocycles. The van der Waals surface area contributed by atoms with Crippen molar-refractivity contribution in [1.29, 1.82) is 0 Å². The number of aryl methyl sites for hydroxylation is 2. The summed E-state index contributed by atoms with van der Waals surface area (Å²) in [5.74, 6) is 0.600. The van der Waals surface area contributed by atoms with Crippen LogP contribution in [0.25, 0.3) is 0 Å². The summed E-state index contributed by atoms with van der Waals surface area (Å²) >= 11 is 0. The Morgan fingerprint density at radius 3 is 3.05 bits per heavy atom. The summed E-state index contributed by atoms with van der Waals surface area (Å²) in [5.41, 5.74) is 2.69. The van der Waals surface area contributed by atoms with Gasteiger partial charge >= 0.3 is 0 Å². The predicted molar refractivity (Wildman–Crippen MR) is 76.9 cm³/mol. The van der Waals surface area contributed by atoms with Crippen LogP contribution < -0.4 is 5.56 Å². The minimum Gasteiger partial charge on any atom is -0.368 e. The molecular formula is C14H19N5O2. The molecule has 7 heteroatoms. The summed E-state index contributed by atoms with van der Waals surface area (Å²) in [6.07, 6.45) is 1.51. The van der Waals surface area contributed by atoms with Crippen molar-refractivity contribution in [3.05, 3.63) is 45.7 Å². The second kappa shape index (κ2) is 5.79. The van der Waals surface area contributed by atoms with Gasteiger partial charge in [-0.1, -0.05) is 0 Å². The highest BCUT2D eigenvalue weighted by atomic mass is 16.5. The molecule has 1 atom stereocenters. The van der Waals surface area contributed by atoms with Crippen LogP contribution in [0.3, 0.4) is 0 Å². The number of H-pyrrole nitrogens is 2. The van der Waals surface area contributed by atoms with Gasteiger partial charge in [0.15, 0.2) is 0 Å². The topological polar surface area (TPSA) is 86.9 Å². The van der Waals surface area contributed by atoms with E-state index >= 15 is 0 Å². The molecule has 3 heterocycles. The van der Waals surface area contributed by atoms with Crippen molar-refractivity contribution in [3.63, 3.8) is 0 Å². The van der Waals surface area contributed by atoms with Crippen LogP contribution in [0.15, 0.2) is 17.2 Å². The number of morpholine rings is 1. The van der Waals surface area contributed by atoms with Gasteiger partial charge in [-0.05, 0) is 13.8 Å². The van der Waals surface area contributed by atoms with Gasteiger partial charge in [-0.2, -0.15) is 0 Å². The molecule has 1 aliphatic heterocycles. The number of nitrogens with zero attached hydrogens (tertiary/aromatic N) is 3. The van der Waals surface area contributed by atoms with Crippen molar-refractivity contribution >= 4 is 0 Å². The van der Waals surface area contributed by atoms with Crippen LogP contribution in [0.5, 0.6) is 0 Å². The monoisotopic (exact) mass is 289 g/mol. The zero-order valence-electron chi connectivity index (χ0n) is 12.2. The van der Waals surface area contributed by atoms with E-state index in [4.69, 9.17) is 4.74 Å². The van der Waals surface area contributed by atoms with E-state index in [0.717, 1.165) is 24.5 Å². The zero-order chi connectivity index (χ0) is 14.8. The second-order valence-electron chi connectivity index (χ2n) is 5.34. The Bertz CT molecular complexity index is 678. The Morgan fingerprint density at radius 1 is 1.48 bits per heavy atom. The maximum absolute atomic E-state index is 11.6. The van der Waals surface area contributed by atoms with Crippen LogP contribution in [0.1, 0.15) is 29.0 Å². The third kappa shape index (κ3) is 3.20. The molecule has 3 rings (SSSR count). The number of nitrogens with one attached hydrogen (secondary N) is 2. The van der Waals surface area contributed by atoms with Crippen molar-refractivity contribution in [1.82, 2.24) is 24.8 Å². The van der Waals surface area contributed by atoms with Crippen LogP contribution in [-0.4, -0.2) is 44.5 Å². The van der Waals surface area contributed by atoms with E-state index in [-0.39, 0.29) is 11.7 Å². The van der Waals surface area contributed by atoms with E-state index in [0.29, 0.717) is 24.7 Å². The lowest BCUT2D eigenvalue weighted by molar-refractivity contribution is -0.0377. The van der Waals surface area contributed by atoms with Crippen molar-refractivity contribution < 1.29 is 4.74 Å². The van der Waals surface area contributed by atoms with Gasteiger partial charge in [-0.15, -0.1) is 0 Å². The van der Waals surface area contributed by atoms with Crippen molar-refractivity contribution in [3.8, 4) is 0 Å². The molecule has 0 radical (unpaired) electrons. The summed E-state index contributed by atoms with van der Waals surface area (Å²) in [7, 11) is 0. The molecule has 2 aromatic rings. The molecule has 0 bridgehead atoms. The van der Waals surface area contributed by atoms with E-state index in [1.807, 2.05) is 13.8 Å². The zero-order valence-corrected chi connectivity index (χ0v) is 12.2. The first-order valence-corrected chi connectivity index (χ1v) is 7.02. The molecule has 0 aliphatic carbocycles. The summed E-state index contributed by atoms with van der Waals surface area (Å²) in [4.78, 5) is 28.4. The van der Waals surface area contributed by atoms with Gasteiger partial charge in [0.25, 0.3) is 5.56 Å². The molecule has 0 spiro atoms. The third-order valence-electron chi connectivity index (χ3n) is 3.65. The molecule has 0 saturated carbocycles. The average Bonchev–Trinajstić information content (AvgIpc) is 2.84. The van der Waals surface area contributed by atoms with Crippen LogP contribution in [-0.2, 0) is 11.3 Å². The van der Waals surface area contributed by atoms with E-state index in [1.54, 1.807) is 6.33 Å². The first-order chi connectivity index (χ1) is 10.1. The van der Waals surface area contributed by atoms with E-state index in [2.05, 4.69) is 24.8 Å². The lowest BCUT2D eigenvalue weighted by Crippen LogP contribution is -2.39. The molecule has 0 amide bonds. The number of ether oxygens (including phenoxy) is 1. The number of aromatic nitrogens is 4. The number of aromatic amines is 2. The Balaban J connectivity index is 1.73. The Hall–Kier alpha value is -1.99. The highest BCUT2D eigenvalue weighted by Crippen LogP contribution is 2.20. The van der Waals surface area contributed by atoms with E-state index < -0.39 is 0 Å². The molecule has 21 heavy (non-hydrogen) atoms. The number of hydrogen-bond donors (Lipinski definition) is 2. The fourth-order valence-corrected chi connectivity index (χ4v) is 2.52. The van der Waals surface area contributed by atoms with Gasteiger partial charge in [0, 0.05) is 37.1 Å².